The Balaban J connectivity index is 1.94. The number of hydrogen-bond acceptors (Lipinski definition) is 1. The van der Waals surface area contributed by atoms with E-state index in [0.29, 0.717) is 25.1 Å². The van der Waals surface area contributed by atoms with Crippen LogP contribution in [0.15, 0.2) is 48.5 Å². The minimum absolute atomic E-state index is 0.0180. The summed E-state index contributed by atoms with van der Waals surface area (Å²) >= 11 is 0. The van der Waals surface area contributed by atoms with Crippen LogP contribution in [0.5, 0.6) is 0 Å². The van der Waals surface area contributed by atoms with Crippen LogP contribution in [0.1, 0.15) is 52.2 Å². The molecule has 0 aromatic heterocycles. The van der Waals surface area contributed by atoms with E-state index in [1.54, 1.807) is 0 Å². The van der Waals surface area contributed by atoms with Gasteiger partial charge in [0.15, 0.2) is 0 Å². The number of likely N-dealkylation sites (tertiary alicyclic amines) is 1. The van der Waals surface area contributed by atoms with E-state index in [9.17, 15) is 31.1 Å². The quantitative estimate of drug-likeness (QED) is 0.540. The van der Waals surface area contributed by atoms with Gasteiger partial charge in [0.2, 0.25) is 0 Å². The standard InChI is InChI=1S/C21H19F6NO/c22-20(23,24)17-10-16(11-18(12-17)21(25,26)27)19(29)28-9-5-4-8-15(13-28)14-6-2-1-3-7-14/h1-3,6-7,10-12,15H,4-5,8-9,13H2. The van der Waals surface area contributed by atoms with Crippen molar-refractivity contribution in [2.45, 2.75) is 37.5 Å². The Morgan fingerprint density at radius 3 is 2.00 bits per heavy atom. The maximum Gasteiger partial charge on any atom is 0.416 e. The average molecular weight is 415 g/mol. The van der Waals surface area contributed by atoms with Crippen LogP contribution in [0.4, 0.5) is 26.3 Å². The third-order valence-corrected chi connectivity index (χ3v) is 5.06. The number of halogens is 6. The maximum absolute atomic E-state index is 13.1. The highest BCUT2D eigenvalue weighted by atomic mass is 19.4. The SMILES string of the molecule is O=C(c1cc(C(F)(F)F)cc(C(F)(F)F)c1)N1CCCCC(c2ccccc2)C1. The van der Waals surface area contributed by atoms with Crippen molar-refractivity contribution >= 4 is 5.91 Å². The lowest BCUT2D eigenvalue weighted by Gasteiger charge is -2.25. The number of rotatable bonds is 2. The summed E-state index contributed by atoms with van der Waals surface area (Å²) in [5, 5.41) is 0. The van der Waals surface area contributed by atoms with Crippen molar-refractivity contribution in [1.82, 2.24) is 4.90 Å². The zero-order valence-corrected chi connectivity index (χ0v) is 15.4. The first-order valence-corrected chi connectivity index (χ1v) is 9.19. The van der Waals surface area contributed by atoms with E-state index in [0.717, 1.165) is 18.4 Å². The molecule has 1 saturated heterocycles. The molecular formula is C21H19F6NO. The van der Waals surface area contributed by atoms with E-state index < -0.39 is 35.0 Å². The predicted molar refractivity (Wildman–Crippen MR) is 95.4 cm³/mol. The number of amides is 1. The lowest BCUT2D eigenvalue weighted by atomic mass is 9.94. The molecule has 8 heteroatoms. The van der Waals surface area contributed by atoms with Gasteiger partial charge in [0.25, 0.3) is 5.91 Å². The maximum atomic E-state index is 13.1. The van der Waals surface area contributed by atoms with E-state index in [2.05, 4.69) is 0 Å². The number of hydrogen-bond donors (Lipinski definition) is 0. The molecule has 1 unspecified atom stereocenters. The molecule has 0 saturated carbocycles. The predicted octanol–water partition coefficient (Wildman–Crippen LogP) is 6.13. The van der Waals surface area contributed by atoms with Crippen LogP contribution in [-0.2, 0) is 12.4 Å². The van der Waals surface area contributed by atoms with Crippen molar-refractivity contribution in [2.24, 2.45) is 0 Å². The molecule has 0 spiro atoms. The summed E-state index contributed by atoms with van der Waals surface area (Å²) < 4.78 is 78.6. The summed E-state index contributed by atoms with van der Waals surface area (Å²) in [5.41, 5.74) is -2.57. The summed E-state index contributed by atoms with van der Waals surface area (Å²) in [6.07, 6.45) is -7.71. The van der Waals surface area contributed by atoms with Gasteiger partial charge in [-0.15, -0.1) is 0 Å². The summed E-state index contributed by atoms with van der Waals surface area (Å²) in [4.78, 5) is 14.2. The van der Waals surface area contributed by atoms with Gasteiger partial charge < -0.3 is 4.90 Å². The van der Waals surface area contributed by atoms with Gasteiger partial charge in [0.1, 0.15) is 0 Å². The summed E-state index contributed by atoms with van der Waals surface area (Å²) in [7, 11) is 0. The monoisotopic (exact) mass is 415 g/mol. The van der Waals surface area contributed by atoms with Crippen molar-refractivity contribution in [1.29, 1.82) is 0 Å². The minimum Gasteiger partial charge on any atom is -0.338 e. The Bertz CT molecular complexity index is 827. The number of carbonyl (C=O) groups is 1. The van der Waals surface area contributed by atoms with Gasteiger partial charge in [0, 0.05) is 24.6 Å². The van der Waals surface area contributed by atoms with Gasteiger partial charge in [0.05, 0.1) is 11.1 Å². The van der Waals surface area contributed by atoms with Crippen molar-refractivity contribution in [3.8, 4) is 0 Å². The largest absolute Gasteiger partial charge is 0.416 e. The van der Waals surface area contributed by atoms with Crippen molar-refractivity contribution in [2.75, 3.05) is 13.1 Å². The first-order valence-electron chi connectivity index (χ1n) is 9.19. The Labute approximate surface area is 164 Å². The fourth-order valence-electron chi connectivity index (χ4n) is 3.58. The number of benzene rings is 2. The Hall–Kier alpha value is -2.51. The van der Waals surface area contributed by atoms with Crippen LogP contribution in [0, 0.1) is 0 Å². The normalized spacial score (nSPS) is 18.4. The summed E-state index contributed by atoms with van der Waals surface area (Å²) in [6.45, 7) is 0.542. The summed E-state index contributed by atoms with van der Waals surface area (Å²) in [6, 6.07) is 10.4. The molecule has 0 radical (unpaired) electrons. The third kappa shape index (κ3) is 5.10. The first-order chi connectivity index (χ1) is 13.6. The van der Waals surface area contributed by atoms with Crippen LogP contribution >= 0.6 is 0 Å². The van der Waals surface area contributed by atoms with Crippen LogP contribution in [0.2, 0.25) is 0 Å². The second kappa shape index (κ2) is 8.08. The lowest BCUT2D eigenvalue weighted by Crippen LogP contribution is -2.34. The molecule has 1 fully saturated rings. The molecule has 2 nitrogen and oxygen atoms in total. The van der Waals surface area contributed by atoms with Crippen LogP contribution in [-0.4, -0.2) is 23.9 Å². The van der Waals surface area contributed by atoms with Gasteiger partial charge in [-0.2, -0.15) is 26.3 Å². The van der Waals surface area contributed by atoms with Gasteiger partial charge in [-0.3, -0.25) is 4.79 Å². The number of carbonyl (C=O) groups excluding carboxylic acids is 1. The lowest BCUT2D eigenvalue weighted by molar-refractivity contribution is -0.143. The second-order valence-electron chi connectivity index (χ2n) is 7.15. The average Bonchev–Trinajstić information content (AvgIpc) is 2.93. The molecule has 156 valence electrons. The Morgan fingerprint density at radius 2 is 1.45 bits per heavy atom. The highest BCUT2D eigenvalue weighted by molar-refractivity contribution is 5.94. The van der Waals surface area contributed by atoms with Crippen molar-refractivity contribution < 1.29 is 31.1 Å². The van der Waals surface area contributed by atoms with Crippen LogP contribution in [0.25, 0.3) is 0 Å². The zero-order chi connectivity index (χ0) is 21.2. The number of nitrogens with zero attached hydrogens (tertiary/aromatic N) is 1. The fraction of sp³-hybridized carbons (Fsp3) is 0.381. The molecule has 1 atom stereocenters. The van der Waals surface area contributed by atoms with Crippen molar-refractivity contribution in [3.63, 3.8) is 0 Å². The minimum atomic E-state index is -4.98. The van der Waals surface area contributed by atoms with Gasteiger partial charge >= 0.3 is 12.4 Å². The third-order valence-electron chi connectivity index (χ3n) is 5.06. The summed E-state index contributed by atoms with van der Waals surface area (Å²) in [5.74, 6) is -0.833. The highest BCUT2D eigenvalue weighted by Crippen LogP contribution is 2.37. The van der Waals surface area contributed by atoms with Crippen LogP contribution in [0.3, 0.4) is 0 Å². The molecular weight excluding hydrogens is 396 g/mol. The Morgan fingerprint density at radius 1 is 0.862 bits per heavy atom. The molecule has 2 aromatic carbocycles. The topological polar surface area (TPSA) is 20.3 Å². The molecule has 1 amide bonds. The molecule has 2 aromatic rings. The molecule has 0 aliphatic carbocycles. The van der Waals surface area contributed by atoms with E-state index in [-0.39, 0.29) is 18.5 Å². The van der Waals surface area contributed by atoms with E-state index >= 15 is 0 Å². The highest BCUT2D eigenvalue weighted by Gasteiger charge is 2.38. The van der Waals surface area contributed by atoms with Gasteiger partial charge in [-0.05, 0) is 36.6 Å². The Kier molecular flexibility index (Phi) is 5.91. The molecule has 3 rings (SSSR count). The van der Waals surface area contributed by atoms with Gasteiger partial charge in [-0.25, -0.2) is 0 Å². The zero-order valence-electron chi connectivity index (χ0n) is 15.4. The van der Waals surface area contributed by atoms with Gasteiger partial charge in [-0.1, -0.05) is 36.8 Å². The first kappa shape index (κ1) is 21.2. The molecule has 0 N–H and O–H groups in total. The van der Waals surface area contributed by atoms with E-state index in [1.165, 1.54) is 4.90 Å². The second-order valence-corrected chi connectivity index (χ2v) is 7.15. The smallest absolute Gasteiger partial charge is 0.338 e. The molecule has 29 heavy (non-hydrogen) atoms. The van der Waals surface area contributed by atoms with Crippen LogP contribution < -0.4 is 0 Å². The van der Waals surface area contributed by atoms with Crippen molar-refractivity contribution in [3.05, 3.63) is 70.8 Å². The fourth-order valence-corrected chi connectivity index (χ4v) is 3.58. The molecule has 1 aliphatic rings. The van der Waals surface area contributed by atoms with E-state index in [1.807, 2.05) is 30.3 Å². The molecule has 1 heterocycles. The number of alkyl halides is 6. The molecule has 1 aliphatic heterocycles. The van der Waals surface area contributed by atoms with E-state index in [4.69, 9.17) is 0 Å². The molecule has 0 bridgehead atoms.